The number of nitrogens with zero attached hydrogens (tertiary/aromatic N) is 1. The number of carbonyl (C=O) groups is 1. The van der Waals surface area contributed by atoms with Gasteiger partial charge in [0.25, 0.3) is 0 Å². The largest absolute Gasteiger partial charge is 0.454 e. The van der Waals surface area contributed by atoms with E-state index in [1.54, 1.807) is 13.2 Å². The van der Waals surface area contributed by atoms with Crippen molar-refractivity contribution < 1.29 is 14.3 Å². The Hall–Kier alpha value is -2.50. The molecule has 0 atom stereocenters. The summed E-state index contributed by atoms with van der Waals surface area (Å²) >= 11 is 0. The lowest BCUT2D eigenvalue weighted by molar-refractivity contribution is -0.118. The molecule has 0 spiro atoms. The maximum absolute atomic E-state index is 11.3. The van der Waals surface area contributed by atoms with Gasteiger partial charge in [0.1, 0.15) is 5.82 Å². The fraction of sp³-hybridized carbons (Fsp3) is 0.231. The Morgan fingerprint density at radius 1 is 1.37 bits per heavy atom. The normalized spacial score (nSPS) is 12.5. The zero-order valence-corrected chi connectivity index (χ0v) is 10.4. The Balaban J connectivity index is 1.98. The molecule has 2 heterocycles. The summed E-state index contributed by atoms with van der Waals surface area (Å²) in [6.07, 6.45) is 1.69. The second kappa shape index (κ2) is 4.64. The number of benzene rings is 1. The number of rotatable bonds is 3. The molecule has 3 rings (SSSR count). The van der Waals surface area contributed by atoms with Crippen LogP contribution < -0.4 is 20.1 Å². The van der Waals surface area contributed by atoms with Crippen molar-refractivity contribution in [2.45, 2.75) is 0 Å². The van der Waals surface area contributed by atoms with E-state index in [1.165, 1.54) is 0 Å². The van der Waals surface area contributed by atoms with Gasteiger partial charge in [-0.3, -0.25) is 4.79 Å². The molecule has 6 nitrogen and oxygen atoms in total. The summed E-state index contributed by atoms with van der Waals surface area (Å²) in [4.78, 5) is 15.5. The fourth-order valence-electron chi connectivity index (χ4n) is 1.96. The summed E-state index contributed by atoms with van der Waals surface area (Å²) < 4.78 is 10.7. The average molecular weight is 259 g/mol. The zero-order valence-electron chi connectivity index (χ0n) is 10.4. The van der Waals surface area contributed by atoms with E-state index in [4.69, 9.17) is 9.47 Å². The van der Waals surface area contributed by atoms with Gasteiger partial charge in [-0.15, -0.1) is 0 Å². The standard InChI is InChI=1S/C13H13N3O3/c1-14-12(17)6-16-13-9-5-11-10(18-7-19-11)4-8(9)2-3-15-13/h2-5H,6-7H2,1H3,(H,14,17)(H,15,16). The van der Waals surface area contributed by atoms with Crippen molar-refractivity contribution in [1.82, 2.24) is 10.3 Å². The molecule has 2 aromatic rings. The third-order valence-corrected chi connectivity index (χ3v) is 2.95. The van der Waals surface area contributed by atoms with Gasteiger partial charge in [-0.1, -0.05) is 0 Å². The van der Waals surface area contributed by atoms with Crippen LogP contribution >= 0.6 is 0 Å². The maximum Gasteiger partial charge on any atom is 0.239 e. The number of anilines is 1. The molecule has 1 aromatic heterocycles. The van der Waals surface area contributed by atoms with Gasteiger partial charge in [-0.25, -0.2) is 4.98 Å². The molecule has 0 radical (unpaired) electrons. The van der Waals surface area contributed by atoms with Crippen molar-refractivity contribution in [3.05, 3.63) is 24.4 Å². The molecule has 0 aliphatic carbocycles. The van der Waals surface area contributed by atoms with Gasteiger partial charge in [0, 0.05) is 18.6 Å². The van der Waals surface area contributed by atoms with E-state index in [0.717, 1.165) is 16.5 Å². The number of ether oxygens (including phenoxy) is 2. The number of amides is 1. The minimum absolute atomic E-state index is 0.0976. The van der Waals surface area contributed by atoms with Crippen molar-refractivity contribution in [3.8, 4) is 11.5 Å². The summed E-state index contributed by atoms with van der Waals surface area (Å²) in [6.45, 7) is 0.414. The minimum atomic E-state index is -0.0976. The number of carbonyl (C=O) groups excluding carboxylic acids is 1. The summed E-state index contributed by atoms with van der Waals surface area (Å²) in [5.41, 5.74) is 0. The number of hydrogen-bond donors (Lipinski definition) is 2. The van der Waals surface area contributed by atoms with E-state index in [1.807, 2.05) is 18.2 Å². The predicted octanol–water partition coefficient (Wildman–Crippen LogP) is 1.12. The Morgan fingerprint density at radius 3 is 2.95 bits per heavy atom. The fourth-order valence-corrected chi connectivity index (χ4v) is 1.96. The molecule has 19 heavy (non-hydrogen) atoms. The van der Waals surface area contributed by atoms with Crippen LogP contribution in [0.1, 0.15) is 0 Å². The number of nitrogens with one attached hydrogen (secondary N) is 2. The SMILES string of the molecule is CNC(=O)CNc1nccc2cc3c(cc12)OCO3. The third kappa shape index (κ3) is 2.12. The van der Waals surface area contributed by atoms with Crippen LogP contribution in [0, 0.1) is 0 Å². The van der Waals surface area contributed by atoms with E-state index in [-0.39, 0.29) is 19.2 Å². The van der Waals surface area contributed by atoms with Crippen LogP contribution in [0.25, 0.3) is 10.8 Å². The molecule has 1 aliphatic heterocycles. The first kappa shape index (κ1) is 11.6. The average Bonchev–Trinajstić information content (AvgIpc) is 2.89. The molecule has 0 bridgehead atoms. The second-order valence-electron chi connectivity index (χ2n) is 4.11. The Morgan fingerprint density at radius 2 is 2.16 bits per heavy atom. The molecule has 1 aromatic carbocycles. The van der Waals surface area contributed by atoms with Gasteiger partial charge in [0.05, 0.1) is 6.54 Å². The van der Waals surface area contributed by atoms with E-state index < -0.39 is 0 Å². The van der Waals surface area contributed by atoms with E-state index in [9.17, 15) is 4.79 Å². The Labute approximate surface area is 109 Å². The van der Waals surface area contributed by atoms with Crippen LogP contribution in [0.4, 0.5) is 5.82 Å². The number of aromatic nitrogens is 1. The lowest BCUT2D eigenvalue weighted by Gasteiger charge is -2.08. The van der Waals surface area contributed by atoms with Crippen molar-refractivity contribution in [1.29, 1.82) is 0 Å². The monoisotopic (exact) mass is 259 g/mol. The first-order valence-corrected chi connectivity index (χ1v) is 5.91. The maximum atomic E-state index is 11.3. The van der Waals surface area contributed by atoms with Gasteiger partial charge in [0.2, 0.25) is 12.7 Å². The first-order valence-electron chi connectivity index (χ1n) is 5.91. The highest BCUT2D eigenvalue weighted by Crippen LogP contribution is 2.37. The van der Waals surface area contributed by atoms with Crippen molar-refractivity contribution in [2.24, 2.45) is 0 Å². The first-order chi connectivity index (χ1) is 9.28. The highest BCUT2D eigenvalue weighted by molar-refractivity contribution is 5.95. The summed E-state index contributed by atoms with van der Waals surface area (Å²) in [5, 5.41) is 7.44. The molecule has 0 saturated carbocycles. The van der Waals surface area contributed by atoms with Gasteiger partial charge >= 0.3 is 0 Å². The minimum Gasteiger partial charge on any atom is -0.454 e. The van der Waals surface area contributed by atoms with E-state index in [0.29, 0.717) is 11.6 Å². The predicted molar refractivity (Wildman–Crippen MR) is 70.4 cm³/mol. The second-order valence-corrected chi connectivity index (χ2v) is 4.11. The molecule has 0 saturated heterocycles. The van der Waals surface area contributed by atoms with E-state index in [2.05, 4.69) is 15.6 Å². The highest BCUT2D eigenvalue weighted by atomic mass is 16.7. The quantitative estimate of drug-likeness (QED) is 0.864. The van der Waals surface area contributed by atoms with Crippen LogP contribution in [0.3, 0.4) is 0 Å². The number of hydrogen-bond acceptors (Lipinski definition) is 5. The highest BCUT2D eigenvalue weighted by Gasteiger charge is 2.15. The molecule has 1 amide bonds. The Bertz CT molecular complexity index is 642. The molecule has 6 heteroatoms. The summed E-state index contributed by atoms with van der Waals surface area (Å²) in [7, 11) is 1.60. The molecular formula is C13H13N3O3. The van der Waals surface area contributed by atoms with Gasteiger partial charge < -0.3 is 20.1 Å². The van der Waals surface area contributed by atoms with Crippen molar-refractivity contribution in [2.75, 3.05) is 25.7 Å². The summed E-state index contributed by atoms with van der Waals surface area (Å²) in [6, 6.07) is 5.67. The number of pyridine rings is 1. The molecule has 1 aliphatic rings. The molecular weight excluding hydrogens is 246 g/mol. The smallest absolute Gasteiger partial charge is 0.239 e. The third-order valence-electron chi connectivity index (χ3n) is 2.95. The number of fused-ring (bicyclic) bond motifs is 2. The van der Waals surface area contributed by atoms with Crippen LogP contribution in [0.15, 0.2) is 24.4 Å². The number of likely N-dealkylation sites (N-methyl/N-ethyl adjacent to an activating group) is 1. The molecule has 0 fully saturated rings. The topological polar surface area (TPSA) is 72.5 Å². The lowest BCUT2D eigenvalue weighted by atomic mass is 10.1. The molecule has 2 N–H and O–H groups in total. The summed E-state index contributed by atoms with van der Waals surface area (Å²) in [5.74, 6) is 1.98. The van der Waals surface area contributed by atoms with Gasteiger partial charge in [0.15, 0.2) is 11.5 Å². The van der Waals surface area contributed by atoms with Crippen molar-refractivity contribution in [3.63, 3.8) is 0 Å². The lowest BCUT2D eigenvalue weighted by Crippen LogP contribution is -2.26. The van der Waals surface area contributed by atoms with Crippen LogP contribution in [-0.2, 0) is 4.79 Å². The molecule has 0 unspecified atom stereocenters. The van der Waals surface area contributed by atoms with Gasteiger partial charge in [-0.2, -0.15) is 0 Å². The van der Waals surface area contributed by atoms with Crippen molar-refractivity contribution >= 4 is 22.5 Å². The van der Waals surface area contributed by atoms with Gasteiger partial charge in [-0.05, 0) is 23.6 Å². The van der Waals surface area contributed by atoms with Crippen LogP contribution in [-0.4, -0.2) is 31.3 Å². The molecule has 98 valence electrons. The van der Waals surface area contributed by atoms with Crippen LogP contribution in [0.5, 0.6) is 11.5 Å². The van der Waals surface area contributed by atoms with Crippen LogP contribution in [0.2, 0.25) is 0 Å². The Kier molecular flexibility index (Phi) is 2.83. The van der Waals surface area contributed by atoms with E-state index >= 15 is 0 Å². The zero-order chi connectivity index (χ0) is 13.2.